The number of nitrogens with one attached hydrogen (secondary N) is 1. The Morgan fingerprint density at radius 1 is 0.923 bits per heavy atom. The molecule has 26 heavy (non-hydrogen) atoms. The number of benzene rings is 2. The summed E-state index contributed by atoms with van der Waals surface area (Å²) in [5.74, 6) is 1.64. The first-order chi connectivity index (χ1) is 12.9. The van der Waals surface area contributed by atoms with Gasteiger partial charge >= 0.3 is 0 Å². The van der Waals surface area contributed by atoms with Crippen molar-refractivity contribution in [3.63, 3.8) is 0 Å². The first-order valence-electron chi connectivity index (χ1n) is 8.52. The average Bonchev–Trinajstić information content (AvgIpc) is 3.12. The van der Waals surface area contributed by atoms with Crippen LogP contribution in [0.25, 0.3) is 11.0 Å². The molecule has 0 saturated carbocycles. The number of rotatable bonds is 7. The van der Waals surface area contributed by atoms with Crippen LogP contribution in [0.3, 0.4) is 0 Å². The lowest BCUT2D eigenvalue weighted by Gasteiger charge is -2.08. The van der Waals surface area contributed by atoms with E-state index in [0.29, 0.717) is 19.7 Å². The summed E-state index contributed by atoms with van der Waals surface area (Å²) >= 11 is 0. The monoisotopic (exact) mass is 345 g/mol. The van der Waals surface area contributed by atoms with Gasteiger partial charge < -0.3 is 10.1 Å². The zero-order valence-electron chi connectivity index (χ0n) is 14.2. The van der Waals surface area contributed by atoms with Crippen LogP contribution in [0.4, 0.5) is 5.82 Å². The van der Waals surface area contributed by atoms with Gasteiger partial charge in [0.25, 0.3) is 0 Å². The van der Waals surface area contributed by atoms with Crippen molar-refractivity contribution >= 4 is 16.9 Å². The maximum Gasteiger partial charge on any atom is 0.163 e. The smallest absolute Gasteiger partial charge is 0.163 e. The summed E-state index contributed by atoms with van der Waals surface area (Å²) in [4.78, 5) is 8.73. The molecule has 4 rings (SSSR count). The fourth-order valence-corrected chi connectivity index (χ4v) is 2.75. The van der Waals surface area contributed by atoms with Crippen molar-refractivity contribution in [3.8, 4) is 5.75 Å². The van der Waals surface area contributed by atoms with Gasteiger partial charge in [0.05, 0.1) is 18.1 Å². The van der Waals surface area contributed by atoms with Crippen LogP contribution in [0, 0.1) is 0 Å². The van der Waals surface area contributed by atoms with Gasteiger partial charge in [-0.05, 0) is 17.7 Å². The fourth-order valence-electron chi connectivity index (χ4n) is 2.75. The Kier molecular flexibility index (Phi) is 4.73. The molecule has 0 amide bonds. The Balaban J connectivity index is 1.44. The Morgan fingerprint density at radius 3 is 2.50 bits per heavy atom. The average molecular weight is 345 g/mol. The van der Waals surface area contributed by atoms with Crippen LogP contribution in [0.2, 0.25) is 0 Å². The lowest BCUT2D eigenvalue weighted by atomic mass is 10.2. The van der Waals surface area contributed by atoms with Crippen molar-refractivity contribution in [3.05, 3.63) is 78.8 Å². The predicted molar refractivity (Wildman–Crippen MR) is 101 cm³/mol. The van der Waals surface area contributed by atoms with Crippen LogP contribution in [0.1, 0.15) is 5.56 Å². The number of anilines is 1. The van der Waals surface area contributed by atoms with E-state index in [0.717, 1.165) is 22.6 Å². The molecule has 0 aliphatic rings. The standard InChI is InChI=1S/C20H19N5O/c1-3-7-16(8-4-1)13-21-19-18-14-24-25(20(18)23-15-22-19)11-12-26-17-9-5-2-6-10-17/h1-10,14-15H,11-13H2,(H,21,22,23). The molecular formula is C20H19N5O. The molecule has 2 heterocycles. The van der Waals surface area contributed by atoms with Gasteiger partial charge in [-0.2, -0.15) is 5.10 Å². The Hall–Kier alpha value is -3.41. The Labute approximate surface area is 151 Å². The second-order valence-corrected chi connectivity index (χ2v) is 5.83. The van der Waals surface area contributed by atoms with Crippen molar-refractivity contribution in [2.45, 2.75) is 13.1 Å². The van der Waals surface area contributed by atoms with Gasteiger partial charge in [-0.1, -0.05) is 48.5 Å². The molecule has 6 heteroatoms. The minimum atomic E-state index is 0.525. The largest absolute Gasteiger partial charge is 0.492 e. The molecule has 0 bridgehead atoms. The molecule has 0 unspecified atom stereocenters. The van der Waals surface area contributed by atoms with Gasteiger partial charge in [0.15, 0.2) is 5.65 Å². The lowest BCUT2D eigenvalue weighted by molar-refractivity contribution is 0.293. The molecule has 6 nitrogen and oxygen atoms in total. The number of hydrogen-bond acceptors (Lipinski definition) is 5. The van der Waals surface area contributed by atoms with E-state index in [4.69, 9.17) is 4.74 Å². The highest BCUT2D eigenvalue weighted by Crippen LogP contribution is 2.19. The molecule has 0 radical (unpaired) electrons. The SMILES string of the molecule is c1ccc(CNc2ncnc3c2cnn3CCOc2ccccc2)cc1. The number of hydrogen-bond donors (Lipinski definition) is 1. The van der Waals surface area contributed by atoms with Crippen LogP contribution in [0.15, 0.2) is 73.2 Å². The van der Waals surface area contributed by atoms with E-state index in [9.17, 15) is 0 Å². The van der Waals surface area contributed by atoms with Crippen LogP contribution in [0.5, 0.6) is 5.75 Å². The summed E-state index contributed by atoms with van der Waals surface area (Å²) in [7, 11) is 0. The van der Waals surface area contributed by atoms with Gasteiger partial charge in [-0.15, -0.1) is 0 Å². The third-order valence-corrected chi connectivity index (χ3v) is 4.05. The summed E-state index contributed by atoms with van der Waals surface area (Å²) < 4.78 is 7.58. The topological polar surface area (TPSA) is 64.9 Å². The van der Waals surface area contributed by atoms with Gasteiger partial charge in [0.2, 0.25) is 0 Å². The van der Waals surface area contributed by atoms with E-state index in [-0.39, 0.29) is 0 Å². The molecule has 0 fully saturated rings. The molecule has 0 saturated heterocycles. The second kappa shape index (κ2) is 7.65. The van der Waals surface area contributed by atoms with Crippen molar-refractivity contribution in [1.82, 2.24) is 19.7 Å². The number of aromatic nitrogens is 4. The minimum absolute atomic E-state index is 0.525. The molecule has 0 aliphatic heterocycles. The molecule has 2 aromatic carbocycles. The lowest BCUT2D eigenvalue weighted by Crippen LogP contribution is -2.10. The van der Waals surface area contributed by atoms with Crippen molar-refractivity contribution in [2.24, 2.45) is 0 Å². The quantitative estimate of drug-likeness (QED) is 0.555. The van der Waals surface area contributed by atoms with Gasteiger partial charge in [-0.3, -0.25) is 0 Å². The van der Waals surface area contributed by atoms with Gasteiger partial charge in [0.1, 0.15) is 24.5 Å². The highest BCUT2D eigenvalue weighted by Gasteiger charge is 2.09. The molecule has 0 aliphatic carbocycles. The molecule has 1 N–H and O–H groups in total. The number of nitrogens with zero attached hydrogens (tertiary/aromatic N) is 4. The maximum atomic E-state index is 5.74. The second-order valence-electron chi connectivity index (χ2n) is 5.83. The third-order valence-electron chi connectivity index (χ3n) is 4.05. The van der Waals surface area contributed by atoms with Crippen LogP contribution in [-0.4, -0.2) is 26.4 Å². The van der Waals surface area contributed by atoms with Crippen LogP contribution >= 0.6 is 0 Å². The van der Waals surface area contributed by atoms with Crippen LogP contribution in [-0.2, 0) is 13.1 Å². The Morgan fingerprint density at radius 2 is 1.69 bits per heavy atom. The molecule has 130 valence electrons. The summed E-state index contributed by atoms with van der Waals surface area (Å²) in [5, 5.41) is 8.71. The number of para-hydroxylation sites is 1. The molecular weight excluding hydrogens is 326 g/mol. The Bertz CT molecular complexity index is 969. The third kappa shape index (κ3) is 3.64. The number of fused-ring (bicyclic) bond motifs is 1. The molecule has 0 spiro atoms. The van der Waals surface area contributed by atoms with Crippen molar-refractivity contribution < 1.29 is 4.74 Å². The van der Waals surface area contributed by atoms with E-state index in [1.165, 1.54) is 5.56 Å². The molecule has 0 atom stereocenters. The summed E-state index contributed by atoms with van der Waals surface area (Å²) in [6.07, 6.45) is 3.36. The number of ether oxygens (including phenoxy) is 1. The normalized spacial score (nSPS) is 10.8. The maximum absolute atomic E-state index is 5.74. The highest BCUT2D eigenvalue weighted by molar-refractivity contribution is 5.86. The summed E-state index contributed by atoms with van der Waals surface area (Å²) in [6, 6.07) is 20.0. The predicted octanol–water partition coefficient (Wildman–Crippen LogP) is 3.52. The summed E-state index contributed by atoms with van der Waals surface area (Å²) in [6.45, 7) is 1.85. The van der Waals surface area contributed by atoms with Gasteiger partial charge in [0, 0.05) is 6.54 Å². The summed E-state index contributed by atoms with van der Waals surface area (Å²) in [5.41, 5.74) is 2.00. The van der Waals surface area contributed by atoms with E-state index < -0.39 is 0 Å². The van der Waals surface area contributed by atoms with Crippen molar-refractivity contribution in [1.29, 1.82) is 0 Å². The highest BCUT2D eigenvalue weighted by atomic mass is 16.5. The molecule has 4 aromatic rings. The first-order valence-corrected chi connectivity index (χ1v) is 8.52. The zero-order chi connectivity index (χ0) is 17.6. The minimum Gasteiger partial charge on any atom is -0.492 e. The molecule has 2 aromatic heterocycles. The van der Waals surface area contributed by atoms with E-state index in [1.807, 2.05) is 53.2 Å². The van der Waals surface area contributed by atoms with E-state index >= 15 is 0 Å². The van der Waals surface area contributed by atoms with E-state index in [1.54, 1.807) is 12.5 Å². The first kappa shape index (κ1) is 16.1. The van der Waals surface area contributed by atoms with Crippen molar-refractivity contribution in [2.75, 3.05) is 11.9 Å². The zero-order valence-corrected chi connectivity index (χ0v) is 14.2. The van der Waals surface area contributed by atoms with E-state index in [2.05, 4.69) is 32.5 Å². The van der Waals surface area contributed by atoms with Gasteiger partial charge in [-0.25, -0.2) is 14.6 Å². The van der Waals surface area contributed by atoms with Crippen LogP contribution < -0.4 is 10.1 Å². The fraction of sp³-hybridized carbons (Fsp3) is 0.150.